The molecule has 0 bridgehead atoms. The molecule has 0 fully saturated rings. The summed E-state index contributed by atoms with van der Waals surface area (Å²) >= 11 is 0. The van der Waals surface area contributed by atoms with E-state index in [4.69, 9.17) is 5.11 Å². The van der Waals surface area contributed by atoms with E-state index in [1.165, 1.54) is 30.6 Å². The van der Waals surface area contributed by atoms with Gasteiger partial charge in [0.1, 0.15) is 0 Å². The van der Waals surface area contributed by atoms with Crippen LogP contribution in [0.15, 0.2) is 41.6 Å². The minimum Gasteiger partial charge on any atom is -0.478 e. The summed E-state index contributed by atoms with van der Waals surface area (Å²) < 4.78 is 26.0. The molecule has 0 saturated heterocycles. The molecule has 0 unspecified atom stereocenters. The molecule has 2 rings (SSSR count). The maximum absolute atomic E-state index is 12.0. The molecule has 0 spiro atoms. The van der Waals surface area contributed by atoms with Gasteiger partial charge in [0, 0.05) is 0 Å². The van der Waals surface area contributed by atoms with Gasteiger partial charge in [0.15, 0.2) is 0 Å². The third-order valence-corrected chi connectivity index (χ3v) is 3.43. The van der Waals surface area contributed by atoms with Crippen molar-refractivity contribution in [2.75, 3.05) is 4.72 Å². The highest BCUT2D eigenvalue weighted by Gasteiger charge is 2.17. The van der Waals surface area contributed by atoms with Gasteiger partial charge in [0.2, 0.25) is 0 Å². The van der Waals surface area contributed by atoms with Crippen LogP contribution in [0.1, 0.15) is 10.4 Å². The highest BCUT2D eigenvalue weighted by Crippen LogP contribution is 2.14. The number of nitrogens with one attached hydrogen (secondary N) is 1. The van der Waals surface area contributed by atoms with E-state index < -0.39 is 16.0 Å². The third kappa shape index (κ3) is 3.01. The molecule has 1 aromatic heterocycles. The molecular weight excluding hydrogens is 272 g/mol. The Hall–Kier alpha value is -2.55. The van der Waals surface area contributed by atoms with Gasteiger partial charge < -0.3 is 5.11 Å². The molecule has 2 N–H and O–H groups in total. The predicted octanol–water partition coefficient (Wildman–Crippen LogP) is 0.371. The summed E-state index contributed by atoms with van der Waals surface area (Å²) in [6.45, 7) is 0. The van der Waals surface area contributed by atoms with Crippen LogP contribution in [0, 0.1) is 0 Å². The lowest BCUT2D eigenvalue weighted by Crippen LogP contribution is -2.15. The zero-order chi connectivity index (χ0) is 13.9. The van der Waals surface area contributed by atoms with E-state index in [2.05, 4.69) is 19.9 Å². The third-order valence-electron chi connectivity index (χ3n) is 2.10. The Labute approximate surface area is 108 Å². The van der Waals surface area contributed by atoms with Gasteiger partial charge in [-0.15, -0.1) is 5.10 Å². The highest BCUT2D eigenvalue weighted by molar-refractivity contribution is 7.92. The molecule has 9 heteroatoms. The lowest BCUT2D eigenvalue weighted by molar-refractivity contribution is 0.0696. The molecule has 0 aliphatic rings. The van der Waals surface area contributed by atoms with Crippen LogP contribution in [-0.2, 0) is 10.0 Å². The largest absolute Gasteiger partial charge is 0.478 e. The minimum absolute atomic E-state index is 0.130. The van der Waals surface area contributed by atoms with Gasteiger partial charge in [-0.3, -0.25) is 0 Å². The molecule has 98 valence electrons. The number of hydrogen-bond donors (Lipinski definition) is 2. The fourth-order valence-corrected chi connectivity index (χ4v) is 2.26. The molecule has 19 heavy (non-hydrogen) atoms. The highest BCUT2D eigenvalue weighted by atomic mass is 32.2. The maximum Gasteiger partial charge on any atom is 0.335 e. The van der Waals surface area contributed by atoms with Crippen molar-refractivity contribution in [2.24, 2.45) is 0 Å². The van der Waals surface area contributed by atoms with Crippen molar-refractivity contribution in [3.05, 3.63) is 42.2 Å². The van der Waals surface area contributed by atoms with Crippen LogP contribution in [0.2, 0.25) is 0 Å². The summed E-state index contributed by atoms with van der Waals surface area (Å²) in [7, 11) is -3.95. The number of sulfonamides is 1. The number of carboxylic acid groups (broad SMARTS) is 1. The fourth-order valence-electron chi connectivity index (χ4n) is 1.27. The number of aromatic carboxylic acids is 1. The molecule has 0 atom stereocenters. The lowest BCUT2D eigenvalue weighted by atomic mass is 10.2. The number of benzene rings is 1. The Morgan fingerprint density at radius 2 is 2.05 bits per heavy atom. The molecule has 2 aromatic rings. The average Bonchev–Trinajstić information content (AvgIpc) is 2.39. The van der Waals surface area contributed by atoms with Crippen LogP contribution in [-0.4, -0.2) is 34.7 Å². The van der Waals surface area contributed by atoms with Crippen LogP contribution < -0.4 is 4.72 Å². The van der Waals surface area contributed by atoms with E-state index in [0.717, 1.165) is 6.07 Å². The molecule has 8 nitrogen and oxygen atoms in total. The SMILES string of the molecule is O=C(O)c1cccc(S(=O)(=O)Nc2nccnn2)c1. The molecule has 1 aromatic carbocycles. The fraction of sp³-hybridized carbons (Fsp3) is 0. The summed E-state index contributed by atoms with van der Waals surface area (Å²) in [6.07, 6.45) is 2.57. The van der Waals surface area contributed by atoms with Crippen LogP contribution in [0.5, 0.6) is 0 Å². The van der Waals surface area contributed by atoms with E-state index in [1.807, 2.05) is 0 Å². The number of aromatic nitrogens is 3. The standard InChI is InChI=1S/C10H8N4O4S/c15-9(16)7-2-1-3-8(6-7)19(17,18)14-10-11-4-5-12-13-10/h1-6H,(H,15,16)(H,11,13,14). The van der Waals surface area contributed by atoms with Crippen molar-refractivity contribution in [1.82, 2.24) is 15.2 Å². The monoisotopic (exact) mass is 280 g/mol. The van der Waals surface area contributed by atoms with Gasteiger partial charge >= 0.3 is 5.97 Å². The maximum atomic E-state index is 12.0. The van der Waals surface area contributed by atoms with Gasteiger partial charge in [0.25, 0.3) is 16.0 Å². The summed E-state index contributed by atoms with van der Waals surface area (Å²) in [5, 5.41) is 15.8. The average molecular weight is 280 g/mol. The minimum atomic E-state index is -3.95. The number of rotatable bonds is 4. The van der Waals surface area contributed by atoms with Crippen molar-refractivity contribution in [3.8, 4) is 0 Å². The Kier molecular flexibility index (Phi) is 3.38. The first-order valence-corrected chi connectivity index (χ1v) is 6.47. The first kappa shape index (κ1) is 12.9. The van der Waals surface area contributed by atoms with E-state index in [9.17, 15) is 13.2 Å². The van der Waals surface area contributed by atoms with E-state index in [0.29, 0.717) is 0 Å². The molecule has 0 aliphatic carbocycles. The van der Waals surface area contributed by atoms with Crippen molar-refractivity contribution in [1.29, 1.82) is 0 Å². The Morgan fingerprint density at radius 3 is 2.68 bits per heavy atom. The molecule has 1 heterocycles. The molecule has 0 saturated carbocycles. The van der Waals surface area contributed by atoms with Gasteiger partial charge in [-0.25, -0.2) is 22.9 Å². The topological polar surface area (TPSA) is 122 Å². The van der Waals surface area contributed by atoms with E-state index >= 15 is 0 Å². The zero-order valence-corrected chi connectivity index (χ0v) is 10.2. The van der Waals surface area contributed by atoms with Crippen LogP contribution in [0.4, 0.5) is 5.95 Å². The first-order chi connectivity index (χ1) is 8.99. The number of nitrogens with zero attached hydrogens (tertiary/aromatic N) is 3. The number of carbonyl (C=O) groups is 1. The molecule has 0 aliphatic heterocycles. The van der Waals surface area contributed by atoms with Crippen molar-refractivity contribution in [2.45, 2.75) is 4.90 Å². The zero-order valence-electron chi connectivity index (χ0n) is 9.39. The van der Waals surface area contributed by atoms with Gasteiger partial charge in [-0.05, 0) is 18.2 Å². The molecule has 0 amide bonds. The van der Waals surface area contributed by atoms with E-state index in [-0.39, 0.29) is 16.4 Å². The first-order valence-electron chi connectivity index (χ1n) is 4.99. The van der Waals surface area contributed by atoms with Crippen LogP contribution in [0.3, 0.4) is 0 Å². The quantitative estimate of drug-likeness (QED) is 0.829. The van der Waals surface area contributed by atoms with Gasteiger partial charge in [-0.1, -0.05) is 6.07 Å². The smallest absolute Gasteiger partial charge is 0.335 e. The van der Waals surface area contributed by atoms with E-state index in [1.54, 1.807) is 0 Å². The second-order valence-electron chi connectivity index (χ2n) is 3.40. The Bertz CT molecular complexity index is 702. The number of carboxylic acids is 1. The lowest BCUT2D eigenvalue weighted by Gasteiger charge is -2.06. The van der Waals surface area contributed by atoms with Gasteiger partial charge in [-0.2, -0.15) is 5.10 Å². The summed E-state index contributed by atoms with van der Waals surface area (Å²) in [5.74, 6) is -1.40. The second kappa shape index (κ2) is 4.98. The summed E-state index contributed by atoms with van der Waals surface area (Å²) in [6, 6.07) is 4.94. The molecular formula is C10H8N4O4S. The molecule has 0 radical (unpaired) electrons. The van der Waals surface area contributed by atoms with Crippen molar-refractivity contribution in [3.63, 3.8) is 0 Å². The van der Waals surface area contributed by atoms with Crippen LogP contribution in [0.25, 0.3) is 0 Å². The van der Waals surface area contributed by atoms with Gasteiger partial charge in [0.05, 0.1) is 22.9 Å². The summed E-state index contributed by atoms with van der Waals surface area (Å²) in [5.41, 5.74) is -0.130. The normalized spacial score (nSPS) is 10.9. The van der Waals surface area contributed by atoms with Crippen LogP contribution >= 0.6 is 0 Å². The van der Waals surface area contributed by atoms with Crippen molar-refractivity contribution >= 4 is 21.9 Å². The Morgan fingerprint density at radius 1 is 1.26 bits per heavy atom. The predicted molar refractivity (Wildman–Crippen MR) is 64.0 cm³/mol. The Balaban J connectivity index is 2.35. The number of hydrogen-bond acceptors (Lipinski definition) is 6. The summed E-state index contributed by atoms with van der Waals surface area (Å²) in [4.78, 5) is 14.3. The second-order valence-corrected chi connectivity index (χ2v) is 5.09. The number of anilines is 1. The van der Waals surface area contributed by atoms with Crippen molar-refractivity contribution < 1.29 is 18.3 Å².